The van der Waals surface area contributed by atoms with Gasteiger partial charge in [-0.25, -0.2) is 0 Å². The minimum atomic E-state index is -1.18. The van der Waals surface area contributed by atoms with Crippen LogP contribution in [0.15, 0.2) is 0 Å². The molecule has 2 N–H and O–H groups in total. The Morgan fingerprint density at radius 1 is 0.929 bits per heavy atom. The fraction of sp³-hybridized carbons (Fsp3) is 0.957. The Morgan fingerprint density at radius 3 is 1.86 bits per heavy atom. The van der Waals surface area contributed by atoms with Gasteiger partial charge in [0.25, 0.3) is 0 Å². The highest BCUT2D eigenvalue weighted by Crippen LogP contribution is 2.29. The van der Waals surface area contributed by atoms with Crippen LogP contribution in [0.3, 0.4) is 0 Å². The molecule has 0 aromatic rings. The van der Waals surface area contributed by atoms with E-state index >= 15 is 0 Å². The van der Waals surface area contributed by atoms with E-state index in [0.717, 1.165) is 12.8 Å². The van der Waals surface area contributed by atoms with Crippen molar-refractivity contribution in [1.29, 1.82) is 0 Å². The smallest absolute Gasteiger partial charge is 0.306 e. The number of unbranched alkanes of at least 4 members (excludes halogenated alkanes) is 12. The first-order chi connectivity index (χ1) is 13.3. The van der Waals surface area contributed by atoms with Gasteiger partial charge in [-0.3, -0.25) is 4.79 Å². The molecule has 0 aliphatic carbocycles. The zero-order valence-electron chi connectivity index (χ0n) is 18.8. The average molecular weight is 401 g/mol. The van der Waals surface area contributed by atoms with Crippen molar-refractivity contribution in [3.8, 4) is 0 Å². The zero-order chi connectivity index (χ0) is 20.9. The Kier molecular flexibility index (Phi) is 12.3. The van der Waals surface area contributed by atoms with E-state index in [9.17, 15) is 9.90 Å². The summed E-state index contributed by atoms with van der Waals surface area (Å²) in [6.07, 6.45) is 17.0. The first-order valence-corrected chi connectivity index (χ1v) is 11.7. The maximum absolute atomic E-state index is 11.0. The number of ether oxygens (including phenoxy) is 1. The SMILES string of the molecule is CCCCCCCCCCCCCCCC1(O)C[N+](C)(C)CC(CC(=O)O)O1. The van der Waals surface area contributed by atoms with E-state index in [2.05, 4.69) is 6.92 Å². The van der Waals surface area contributed by atoms with Gasteiger partial charge in [-0.05, 0) is 6.42 Å². The monoisotopic (exact) mass is 400 g/mol. The van der Waals surface area contributed by atoms with E-state index in [1.165, 1.54) is 70.6 Å². The average Bonchev–Trinajstić information content (AvgIpc) is 2.56. The van der Waals surface area contributed by atoms with E-state index in [-0.39, 0.29) is 6.42 Å². The number of nitrogens with zero attached hydrogens (tertiary/aromatic N) is 1. The predicted octanol–water partition coefficient (Wildman–Crippen LogP) is 5.11. The highest BCUT2D eigenvalue weighted by atomic mass is 16.6. The molecular weight excluding hydrogens is 354 g/mol. The Bertz CT molecular complexity index is 427. The van der Waals surface area contributed by atoms with E-state index in [1.807, 2.05) is 14.1 Å². The summed E-state index contributed by atoms with van der Waals surface area (Å²) in [4.78, 5) is 11.0. The third-order valence-corrected chi connectivity index (χ3v) is 5.83. The molecule has 2 unspecified atom stereocenters. The van der Waals surface area contributed by atoms with Gasteiger partial charge in [0.2, 0.25) is 5.79 Å². The number of carboxylic acid groups (broad SMARTS) is 1. The normalized spacial score (nSPS) is 24.4. The molecule has 0 aromatic heterocycles. The minimum Gasteiger partial charge on any atom is -0.481 e. The minimum absolute atomic E-state index is 0.0391. The molecule has 1 aliphatic rings. The van der Waals surface area contributed by atoms with Gasteiger partial charge >= 0.3 is 5.97 Å². The van der Waals surface area contributed by atoms with Crippen LogP contribution in [0.4, 0.5) is 0 Å². The Morgan fingerprint density at radius 2 is 1.39 bits per heavy atom. The van der Waals surface area contributed by atoms with Crippen LogP contribution in [0.1, 0.15) is 103 Å². The molecule has 1 rings (SSSR count). The van der Waals surface area contributed by atoms with Crippen LogP contribution in [0.25, 0.3) is 0 Å². The molecule has 28 heavy (non-hydrogen) atoms. The summed E-state index contributed by atoms with van der Waals surface area (Å²) in [5, 5.41) is 19.9. The fourth-order valence-corrected chi connectivity index (χ4v) is 4.53. The van der Waals surface area contributed by atoms with Gasteiger partial charge in [-0.15, -0.1) is 0 Å². The summed E-state index contributed by atoms with van der Waals surface area (Å²) < 4.78 is 6.39. The number of hydrogen-bond acceptors (Lipinski definition) is 3. The molecule has 2 atom stereocenters. The number of rotatable bonds is 16. The summed E-state index contributed by atoms with van der Waals surface area (Å²) in [5.41, 5.74) is 0. The molecule has 0 amide bonds. The lowest BCUT2D eigenvalue weighted by Gasteiger charge is -2.46. The van der Waals surface area contributed by atoms with Crippen molar-refractivity contribution in [1.82, 2.24) is 0 Å². The van der Waals surface area contributed by atoms with Crippen molar-refractivity contribution in [3.05, 3.63) is 0 Å². The first kappa shape index (κ1) is 25.4. The summed E-state index contributed by atoms with van der Waals surface area (Å²) in [7, 11) is 4.07. The molecule has 1 saturated heterocycles. The van der Waals surface area contributed by atoms with Gasteiger partial charge in [0, 0.05) is 6.42 Å². The maximum atomic E-state index is 11.0. The van der Waals surface area contributed by atoms with Crippen molar-refractivity contribution in [2.24, 2.45) is 0 Å². The Labute approximate surface area is 173 Å². The molecule has 0 bridgehead atoms. The summed E-state index contributed by atoms with van der Waals surface area (Å²) in [5.74, 6) is -2.05. The molecule has 1 heterocycles. The third kappa shape index (κ3) is 12.0. The van der Waals surface area contributed by atoms with Crippen LogP contribution < -0.4 is 0 Å². The second-order valence-electron chi connectivity index (χ2n) is 9.55. The van der Waals surface area contributed by atoms with Crippen LogP contribution in [0.2, 0.25) is 0 Å². The van der Waals surface area contributed by atoms with Crippen molar-refractivity contribution in [3.63, 3.8) is 0 Å². The van der Waals surface area contributed by atoms with Gasteiger partial charge in [0.05, 0.1) is 20.5 Å². The number of hydrogen-bond donors (Lipinski definition) is 2. The van der Waals surface area contributed by atoms with Crippen LogP contribution in [0.5, 0.6) is 0 Å². The van der Waals surface area contributed by atoms with Crippen LogP contribution in [-0.2, 0) is 9.53 Å². The van der Waals surface area contributed by atoms with Gasteiger partial charge in [0.1, 0.15) is 19.2 Å². The number of aliphatic hydroxyl groups is 1. The standard InChI is InChI=1S/C23H45NO4/c1-4-5-6-7-8-9-10-11-12-13-14-15-16-17-23(27)20-24(2,3)19-21(28-23)18-22(25)26/h21,27H,4-20H2,1-3H3/p+1. The number of morpholine rings is 1. The van der Waals surface area contributed by atoms with Gasteiger partial charge in [-0.1, -0.05) is 84.0 Å². The molecule has 0 radical (unpaired) electrons. The summed E-state index contributed by atoms with van der Waals surface area (Å²) >= 11 is 0. The maximum Gasteiger partial charge on any atom is 0.306 e. The summed E-state index contributed by atoms with van der Waals surface area (Å²) in [6.45, 7) is 3.42. The number of likely N-dealkylation sites (N-methyl/N-ethyl adjacent to an activating group) is 1. The van der Waals surface area contributed by atoms with Crippen LogP contribution >= 0.6 is 0 Å². The van der Waals surface area contributed by atoms with Crippen molar-refractivity contribution < 1.29 is 24.2 Å². The lowest BCUT2D eigenvalue weighted by Crippen LogP contribution is -2.62. The predicted molar refractivity (Wildman–Crippen MR) is 114 cm³/mol. The van der Waals surface area contributed by atoms with E-state index in [1.54, 1.807) is 0 Å². The van der Waals surface area contributed by atoms with Crippen molar-refractivity contribution in [2.45, 2.75) is 115 Å². The number of carboxylic acids is 1. The van der Waals surface area contributed by atoms with Crippen molar-refractivity contribution in [2.75, 3.05) is 27.2 Å². The molecular formula is C23H46NO4+. The van der Waals surface area contributed by atoms with Gasteiger partial charge in [-0.2, -0.15) is 0 Å². The molecule has 1 aliphatic heterocycles. The molecule has 5 heteroatoms. The lowest BCUT2D eigenvalue weighted by molar-refractivity contribution is -0.915. The van der Waals surface area contributed by atoms with Gasteiger partial charge in [0.15, 0.2) is 0 Å². The van der Waals surface area contributed by atoms with Crippen LogP contribution in [-0.4, -0.2) is 59.7 Å². The topological polar surface area (TPSA) is 66.8 Å². The molecule has 0 saturated carbocycles. The molecule has 0 aromatic carbocycles. The molecule has 5 nitrogen and oxygen atoms in total. The van der Waals surface area contributed by atoms with Crippen molar-refractivity contribution >= 4 is 5.97 Å². The highest BCUT2D eigenvalue weighted by molar-refractivity contribution is 5.67. The Balaban J connectivity index is 2.07. The quantitative estimate of drug-likeness (QED) is 0.279. The molecule has 1 fully saturated rings. The van der Waals surface area contributed by atoms with Gasteiger partial charge < -0.3 is 19.4 Å². The lowest BCUT2D eigenvalue weighted by atomic mass is 10.0. The second-order valence-corrected chi connectivity index (χ2v) is 9.55. The number of aliphatic carboxylic acids is 1. The van der Waals surface area contributed by atoms with E-state index < -0.39 is 17.9 Å². The summed E-state index contributed by atoms with van der Waals surface area (Å²) in [6, 6.07) is 0. The second kappa shape index (κ2) is 13.6. The third-order valence-electron chi connectivity index (χ3n) is 5.83. The fourth-order valence-electron chi connectivity index (χ4n) is 4.53. The largest absolute Gasteiger partial charge is 0.481 e. The highest BCUT2D eigenvalue weighted by Gasteiger charge is 2.45. The molecule has 166 valence electrons. The first-order valence-electron chi connectivity index (χ1n) is 11.7. The number of carbonyl (C=O) groups is 1. The van der Waals surface area contributed by atoms with E-state index in [0.29, 0.717) is 24.0 Å². The van der Waals surface area contributed by atoms with E-state index in [4.69, 9.17) is 9.84 Å². The Hall–Kier alpha value is -0.650. The number of quaternary nitrogens is 1. The van der Waals surface area contributed by atoms with Crippen LogP contribution in [0, 0.1) is 0 Å². The molecule has 0 spiro atoms. The zero-order valence-corrected chi connectivity index (χ0v) is 18.8.